The molecule has 0 bridgehead atoms. The molecule has 0 radical (unpaired) electrons. The minimum absolute atomic E-state index is 0.00667. The molecule has 3 saturated carbocycles. The molecule has 97 heavy (non-hydrogen) atoms. The number of unbranched alkanes of at least 4 members (excludes halogenated alkanes) is 23. The van der Waals surface area contributed by atoms with E-state index in [0.717, 1.165) is 177 Å². The number of rotatable bonds is 59. The van der Waals surface area contributed by atoms with Crippen molar-refractivity contribution in [3.63, 3.8) is 0 Å². The topological polar surface area (TPSA) is 166 Å². The Morgan fingerprint density at radius 1 is 0.495 bits per heavy atom. The van der Waals surface area contributed by atoms with Crippen LogP contribution in [0.5, 0.6) is 0 Å². The van der Waals surface area contributed by atoms with E-state index in [9.17, 15) is 33.9 Å². The number of carbonyl (C=O) groups is 6. The molecule has 562 valence electrons. The van der Waals surface area contributed by atoms with Crippen molar-refractivity contribution in [1.82, 2.24) is 9.80 Å². The lowest BCUT2D eigenvalue weighted by Crippen LogP contribution is -2.51. The van der Waals surface area contributed by atoms with Crippen LogP contribution in [0, 0.1) is 58.2 Å². The molecule has 0 spiro atoms. The van der Waals surface area contributed by atoms with E-state index >= 15 is 0 Å². The summed E-state index contributed by atoms with van der Waals surface area (Å²) in [6, 6.07) is 0. The first-order chi connectivity index (χ1) is 46.9. The van der Waals surface area contributed by atoms with Crippen LogP contribution in [-0.4, -0.2) is 109 Å². The summed E-state index contributed by atoms with van der Waals surface area (Å²) in [7, 11) is 0. The van der Waals surface area contributed by atoms with E-state index in [1.165, 1.54) is 153 Å². The van der Waals surface area contributed by atoms with Crippen molar-refractivity contribution >= 4 is 35.8 Å². The number of esters is 4. The van der Waals surface area contributed by atoms with E-state index in [4.69, 9.17) is 18.9 Å². The maximum absolute atomic E-state index is 13.5. The molecule has 4 rings (SSSR count). The molecule has 0 aliphatic heterocycles. The first-order valence-electron chi connectivity index (χ1n) is 41.5. The fraction of sp³-hybridized carbons (Fsp3) is 0.905. The number of hydrogen-bond acceptors (Lipinski definition) is 11. The molecule has 4 aliphatic rings. The minimum atomic E-state index is -1.21. The highest BCUT2D eigenvalue weighted by Crippen LogP contribution is 2.67. The van der Waals surface area contributed by atoms with Crippen molar-refractivity contribution < 1.29 is 52.8 Å². The van der Waals surface area contributed by atoms with Gasteiger partial charge in [-0.05, 0) is 182 Å². The number of fused-ring (bicyclic) bond motifs is 5. The van der Waals surface area contributed by atoms with Gasteiger partial charge >= 0.3 is 29.8 Å². The second kappa shape index (κ2) is 50.8. The van der Waals surface area contributed by atoms with E-state index in [1.54, 1.807) is 0 Å². The Labute approximate surface area is 594 Å². The quantitative estimate of drug-likeness (QED) is 0.0265. The van der Waals surface area contributed by atoms with Crippen LogP contribution in [-0.2, 0) is 47.7 Å². The van der Waals surface area contributed by atoms with Crippen LogP contribution in [0.3, 0.4) is 0 Å². The van der Waals surface area contributed by atoms with Gasteiger partial charge in [0, 0.05) is 19.3 Å². The van der Waals surface area contributed by atoms with Gasteiger partial charge in [-0.15, -0.1) is 0 Å². The van der Waals surface area contributed by atoms with Crippen molar-refractivity contribution in [1.29, 1.82) is 0 Å². The van der Waals surface area contributed by atoms with Gasteiger partial charge in [-0.2, -0.15) is 0 Å². The van der Waals surface area contributed by atoms with Crippen LogP contribution < -0.4 is 0 Å². The molecule has 3 fully saturated rings. The molecule has 0 aromatic heterocycles. The first-order valence-corrected chi connectivity index (χ1v) is 41.5. The fourth-order valence-electron chi connectivity index (χ4n) is 18.0. The zero-order valence-electron chi connectivity index (χ0n) is 64.3. The van der Waals surface area contributed by atoms with E-state index in [2.05, 4.69) is 73.3 Å². The molecule has 0 aromatic rings. The van der Waals surface area contributed by atoms with Crippen molar-refractivity contribution in [2.45, 2.75) is 377 Å². The number of carboxylic acids is 1. The highest BCUT2D eigenvalue weighted by molar-refractivity contribution is 5.86. The molecular weight excluding hydrogens is 1210 g/mol. The zero-order valence-corrected chi connectivity index (χ0v) is 64.3. The van der Waals surface area contributed by atoms with Gasteiger partial charge in [-0.25, -0.2) is 0 Å². The Morgan fingerprint density at radius 3 is 1.52 bits per heavy atom. The molecule has 1 N–H and O–H groups in total. The second-order valence-corrected chi connectivity index (χ2v) is 32.3. The molecule has 10 atom stereocenters. The van der Waals surface area contributed by atoms with Gasteiger partial charge in [0.25, 0.3) is 0 Å². The standard InChI is InChI=1S/C84H150N2O11/c1-10-14-18-22-24-32-46-69(44-30-20-16-12-3)81(92)95-62-37-28-26-34-58-85(59-35-27-29-38-63-96-82(93)70(45-31-21-17-13-4)47-33-25-23-19-15-11-2)60-36-39-61-94-79(90)49-41-48-77(87)86(65-78(88)89)66-80(91)97-72-54-56-83(8)71(64-72)50-51-73-75-53-52-74(68(7)43-40-42-67(5)6)84(75,9)57-55-76(73)83/h50,67-70,72-76H,10-49,51-66H2,1-9H3,(H,88,89)/t68?,69?,70?,72-,73-,74+,75-,76-,83-,84+/m0/s1. The third-order valence-corrected chi connectivity index (χ3v) is 24.0. The average molecular weight is 1360 g/mol. The van der Waals surface area contributed by atoms with E-state index in [0.29, 0.717) is 43.3 Å². The smallest absolute Gasteiger partial charge is 0.325 e. The number of carboxylic acid groups (broad SMARTS) is 1. The molecule has 0 saturated heterocycles. The molecule has 1 amide bonds. The third-order valence-electron chi connectivity index (χ3n) is 24.0. The summed E-state index contributed by atoms with van der Waals surface area (Å²) in [5, 5.41) is 9.77. The lowest BCUT2D eigenvalue weighted by Gasteiger charge is -2.58. The van der Waals surface area contributed by atoms with Gasteiger partial charge in [0.1, 0.15) is 19.2 Å². The van der Waals surface area contributed by atoms with Crippen LogP contribution in [0.1, 0.15) is 371 Å². The molecule has 0 aromatic carbocycles. The summed E-state index contributed by atoms with van der Waals surface area (Å²) in [5.41, 5.74) is 1.93. The van der Waals surface area contributed by atoms with Crippen molar-refractivity contribution in [2.24, 2.45) is 58.2 Å². The molecule has 3 unspecified atom stereocenters. The fourth-order valence-corrected chi connectivity index (χ4v) is 18.0. The summed E-state index contributed by atoms with van der Waals surface area (Å²) < 4.78 is 23.5. The van der Waals surface area contributed by atoms with Crippen LogP contribution in [0.15, 0.2) is 11.6 Å². The van der Waals surface area contributed by atoms with Crippen molar-refractivity contribution in [3.05, 3.63) is 11.6 Å². The number of carbonyl (C=O) groups excluding carboxylic acids is 5. The molecule has 0 heterocycles. The summed E-state index contributed by atoms with van der Waals surface area (Å²) in [5.74, 6) is 1.86. The van der Waals surface area contributed by atoms with Crippen LogP contribution in [0.4, 0.5) is 0 Å². The maximum atomic E-state index is 13.5. The summed E-state index contributed by atoms with van der Waals surface area (Å²) in [4.78, 5) is 82.1. The third kappa shape index (κ3) is 33.5. The van der Waals surface area contributed by atoms with Gasteiger partial charge in [0.05, 0.1) is 31.7 Å². The monoisotopic (exact) mass is 1360 g/mol. The summed E-state index contributed by atoms with van der Waals surface area (Å²) in [6.45, 7) is 24.3. The number of ether oxygens (including phenoxy) is 4. The Morgan fingerprint density at radius 2 is 0.979 bits per heavy atom. The second-order valence-electron chi connectivity index (χ2n) is 32.3. The highest BCUT2D eigenvalue weighted by Gasteiger charge is 2.59. The van der Waals surface area contributed by atoms with Crippen LogP contribution >= 0.6 is 0 Å². The maximum Gasteiger partial charge on any atom is 0.325 e. The summed E-state index contributed by atoms with van der Waals surface area (Å²) >= 11 is 0. The molecule has 13 heteroatoms. The normalized spacial score (nSPS) is 22.3. The molecule has 13 nitrogen and oxygen atoms in total. The van der Waals surface area contributed by atoms with Gasteiger partial charge in [0.2, 0.25) is 5.91 Å². The number of nitrogens with zero attached hydrogens (tertiary/aromatic N) is 2. The first kappa shape index (κ1) is 85.9. The highest BCUT2D eigenvalue weighted by atomic mass is 16.5. The van der Waals surface area contributed by atoms with Crippen LogP contribution in [0.25, 0.3) is 0 Å². The average Bonchev–Trinajstić information content (AvgIpc) is 1.70. The van der Waals surface area contributed by atoms with E-state index < -0.39 is 36.9 Å². The zero-order chi connectivity index (χ0) is 70.5. The summed E-state index contributed by atoms with van der Waals surface area (Å²) in [6.07, 6.45) is 52.7. The van der Waals surface area contributed by atoms with Gasteiger partial charge in [-0.1, -0.05) is 247 Å². The van der Waals surface area contributed by atoms with Crippen molar-refractivity contribution in [2.75, 3.05) is 52.5 Å². The largest absolute Gasteiger partial charge is 0.480 e. The number of hydrogen-bond donors (Lipinski definition) is 1. The lowest BCUT2D eigenvalue weighted by molar-refractivity contribution is -0.157. The Kier molecular flexibility index (Phi) is 45.0. The molecule has 4 aliphatic carbocycles. The Hall–Kier alpha value is -3.48. The predicted molar refractivity (Wildman–Crippen MR) is 397 cm³/mol. The van der Waals surface area contributed by atoms with E-state index in [-0.39, 0.29) is 61.2 Å². The Bertz CT molecular complexity index is 2120. The SMILES string of the molecule is CCCCCCCCC(CCCCCC)C(=O)OCCCCCCN(CCCCCCOC(=O)C(CCCCCC)CCCCCCCC)CCCCOC(=O)CCCC(=O)N(CC(=O)O)CC(=O)O[C@H]1CC[C@@]2(C)C(=CC[C@H]3[C@@H]4CC[C@H](C(C)CCCC(C)C)[C@@]4(C)CC[C@@H]32)C1. The van der Waals surface area contributed by atoms with Gasteiger partial charge in [-0.3, -0.25) is 28.8 Å². The minimum Gasteiger partial charge on any atom is -0.480 e. The Balaban J connectivity index is 1.19. The number of aliphatic carboxylic acids is 1. The molecular formula is C84H150N2O11. The number of allylic oxidation sites excluding steroid dienone is 1. The number of amides is 1. The predicted octanol–water partition coefficient (Wildman–Crippen LogP) is 21.5. The van der Waals surface area contributed by atoms with Gasteiger partial charge < -0.3 is 33.9 Å². The van der Waals surface area contributed by atoms with Gasteiger partial charge in [0.15, 0.2) is 0 Å². The van der Waals surface area contributed by atoms with Crippen LogP contribution in [0.2, 0.25) is 0 Å². The van der Waals surface area contributed by atoms with E-state index in [1.807, 2.05) is 0 Å². The lowest BCUT2D eigenvalue weighted by atomic mass is 9.47. The van der Waals surface area contributed by atoms with Crippen molar-refractivity contribution in [3.8, 4) is 0 Å².